The number of rotatable bonds is 3. The smallest absolute Gasteiger partial charge is 0.315 e. The van der Waals surface area contributed by atoms with Crippen LogP contribution in [0.5, 0.6) is 0 Å². The van der Waals surface area contributed by atoms with E-state index in [-0.39, 0.29) is 10.7 Å². The predicted molar refractivity (Wildman–Crippen MR) is 117 cm³/mol. The number of fused-ring (bicyclic) bond motifs is 1. The molecule has 1 fully saturated rings. The molecule has 0 radical (unpaired) electrons. The lowest BCUT2D eigenvalue weighted by atomic mass is 10.1. The van der Waals surface area contributed by atoms with Crippen molar-refractivity contribution in [3.63, 3.8) is 0 Å². The van der Waals surface area contributed by atoms with E-state index in [2.05, 4.69) is 5.32 Å². The molecule has 2 heterocycles. The lowest BCUT2D eigenvalue weighted by Crippen LogP contribution is -2.54. The Hall–Kier alpha value is -3.96. The van der Waals surface area contributed by atoms with Crippen molar-refractivity contribution in [3.05, 3.63) is 85.0 Å². The Morgan fingerprint density at radius 1 is 1.19 bits per heavy atom. The van der Waals surface area contributed by atoms with E-state index in [4.69, 9.17) is 28.2 Å². The maximum absolute atomic E-state index is 13.8. The Kier molecular flexibility index (Phi) is 5.28. The topological polar surface area (TPSA) is 123 Å². The molecule has 1 saturated heterocycles. The number of benzene rings is 2. The van der Waals surface area contributed by atoms with Crippen LogP contribution in [-0.2, 0) is 9.59 Å². The molecule has 4 rings (SSSR count). The highest BCUT2D eigenvalue weighted by Gasteiger charge is 2.35. The first-order chi connectivity index (χ1) is 15.2. The van der Waals surface area contributed by atoms with E-state index in [0.717, 1.165) is 23.3 Å². The number of halogens is 2. The van der Waals surface area contributed by atoms with E-state index in [1.54, 1.807) is 0 Å². The lowest BCUT2D eigenvalue weighted by molar-refractivity contribution is -0.383. The van der Waals surface area contributed by atoms with Crippen LogP contribution < -0.4 is 15.6 Å². The number of nitro groups is 1. The van der Waals surface area contributed by atoms with Gasteiger partial charge in [0.25, 0.3) is 11.8 Å². The number of carbonyl (C=O) groups is 2. The van der Waals surface area contributed by atoms with Gasteiger partial charge in [-0.05, 0) is 48.6 Å². The molecule has 3 aromatic rings. The van der Waals surface area contributed by atoms with Crippen LogP contribution in [0, 0.1) is 15.9 Å². The van der Waals surface area contributed by atoms with Crippen molar-refractivity contribution in [1.82, 2.24) is 5.32 Å². The van der Waals surface area contributed by atoms with E-state index in [1.807, 2.05) is 0 Å². The molecule has 160 valence electrons. The average Bonchev–Trinajstić information content (AvgIpc) is 2.73. The van der Waals surface area contributed by atoms with Crippen LogP contribution in [0.2, 0.25) is 5.02 Å². The number of non-ortho nitro benzene ring substituents is 1. The number of hydrogen-bond donors (Lipinski definition) is 1. The zero-order valence-corrected chi connectivity index (χ0v) is 17.2. The minimum absolute atomic E-state index is 0.178. The molecule has 9 nitrogen and oxygen atoms in total. The normalized spacial score (nSPS) is 15.4. The number of nitro benzene ring substituents is 1. The molecule has 1 N–H and O–H groups in total. The van der Waals surface area contributed by atoms with Crippen LogP contribution in [-0.4, -0.2) is 21.9 Å². The average molecular weight is 474 g/mol. The van der Waals surface area contributed by atoms with Crippen LogP contribution in [0.25, 0.3) is 17.0 Å². The van der Waals surface area contributed by atoms with Gasteiger partial charge in [0.15, 0.2) is 10.5 Å². The molecule has 0 unspecified atom stereocenters. The Morgan fingerprint density at radius 3 is 2.53 bits per heavy atom. The third-order valence-electron chi connectivity index (χ3n) is 4.53. The van der Waals surface area contributed by atoms with Crippen molar-refractivity contribution in [2.45, 2.75) is 0 Å². The van der Waals surface area contributed by atoms with Gasteiger partial charge in [-0.15, -0.1) is 0 Å². The summed E-state index contributed by atoms with van der Waals surface area (Å²) in [4.78, 5) is 49.5. The van der Waals surface area contributed by atoms with Gasteiger partial charge in [0.05, 0.1) is 27.6 Å². The van der Waals surface area contributed by atoms with Gasteiger partial charge in [0, 0.05) is 5.02 Å². The number of nitrogens with one attached hydrogen (secondary N) is 1. The van der Waals surface area contributed by atoms with Crippen LogP contribution in [0.3, 0.4) is 0 Å². The molecule has 12 heteroatoms. The summed E-state index contributed by atoms with van der Waals surface area (Å²) in [5.74, 6) is -2.72. The minimum Gasteiger partial charge on any atom is -0.456 e. The summed E-state index contributed by atoms with van der Waals surface area (Å²) in [7, 11) is 0. The molecule has 0 saturated carbocycles. The molecule has 1 aromatic heterocycles. The van der Waals surface area contributed by atoms with Gasteiger partial charge in [0.1, 0.15) is 17.7 Å². The van der Waals surface area contributed by atoms with Crippen molar-refractivity contribution in [1.29, 1.82) is 0 Å². The van der Waals surface area contributed by atoms with Crippen LogP contribution in [0.1, 0.15) is 5.56 Å². The van der Waals surface area contributed by atoms with Crippen molar-refractivity contribution >= 4 is 69.2 Å². The van der Waals surface area contributed by atoms with Crippen molar-refractivity contribution in [2.75, 3.05) is 4.90 Å². The van der Waals surface area contributed by atoms with Gasteiger partial charge in [-0.25, -0.2) is 4.39 Å². The second kappa shape index (κ2) is 7.94. The fraction of sp³-hybridized carbons (Fsp3) is 0. The molecule has 1 aliphatic rings. The first-order valence-corrected chi connectivity index (χ1v) is 9.52. The van der Waals surface area contributed by atoms with E-state index in [9.17, 15) is 28.9 Å². The van der Waals surface area contributed by atoms with Gasteiger partial charge in [-0.3, -0.25) is 34.7 Å². The van der Waals surface area contributed by atoms with Gasteiger partial charge < -0.3 is 4.42 Å². The number of nitrogens with zero attached hydrogens (tertiary/aromatic N) is 2. The first-order valence-electron chi connectivity index (χ1n) is 8.74. The van der Waals surface area contributed by atoms with E-state index in [0.29, 0.717) is 16.8 Å². The summed E-state index contributed by atoms with van der Waals surface area (Å²) in [6, 6.07) is 7.44. The fourth-order valence-electron chi connectivity index (χ4n) is 3.08. The maximum Gasteiger partial charge on any atom is 0.315 e. The highest BCUT2D eigenvalue weighted by Crippen LogP contribution is 2.27. The molecule has 1 aliphatic heterocycles. The summed E-state index contributed by atoms with van der Waals surface area (Å²) in [6.07, 6.45) is 1.80. The molecule has 2 amide bonds. The highest BCUT2D eigenvalue weighted by molar-refractivity contribution is 7.80. The quantitative estimate of drug-likeness (QED) is 0.203. The van der Waals surface area contributed by atoms with E-state index >= 15 is 0 Å². The van der Waals surface area contributed by atoms with Gasteiger partial charge in [0.2, 0.25) is 5.58 Å². The monoisotopic (exact) mass is 473 g/mol. The van der Waals surface area contributed by atoms with Crippen LogP contribution >= 0.6 is 23.8 Å². The summed E-state index contributed by atoms with van der Waals surface area (Å²) < 4.78 is 19.0. The van der Waals surface area contributed by atoms with Crippen molar-refractivity contribution < 1.29 is 23.3 Å². The maximum atomic E-state index is 13.8. The van der Waals surface area contributed by atoms with Crippen molar-refractivity contribution in [2.24, 2.45) is 0 Å². The molecule has 32 heavy (non-hydrogen) atoms. The first kappa shape index (κ1) is 21.3. The molecule has 0 bridgehead atoms. The third kappa shape index (κ3) is 3.63. The second-order valence-corrected chi connectivity index (χ2v) is 7.34. The molecule has 0 atom stereocenters. The van der Waals surface area contributed by atoms with Crippen molar-refractivity contribution in [3.8, 4) is 0 Å². The number of anilines is 1. The lowest BCUT2D eigenvalue weighted by Gasteiger charge is -2.28. The Balaban J connectivity index is 1.84. The third-order valence-corrected chi connectivity index (χ3v) is 5.06. The summed E-state index contributed by atoms with van der Waals surface area (Å²) in [6.45, 7) is 0. The molecular formula is C20H9ClFN3O6S. The van der Waals surface area contributed by atoms with E-state index < -0.39 is 50.2 Å². The molecule has 2 aromatic carbocycles. The second-order valence-electron chi connectivity index (χ2n) is 6.51. The summed E-state index contributed by atoms with van der Waals surface area (Å²) in [5.41, 5.74) is -2.47. The molecular weight excluding hydrogens is 465 g/mol. The zero-order chi connectivity index (χ0) is 23.2. The Bertz CT molecular complexity index is 1430. The Labute approximate surface area is 187 Å². The van der Waals surface area contributed by atoms with Gasteiger partial charge >= 0.3 is 5.69 Å². The summed E-state index contributed by atoms with van der Waals surface area (Å²) in [5, 5.41) is 13.3. The van der Waals surface area contributed by atoms with Gasteiger partial charge in [-0.2, -0.15) is 0 Å². The highest BCUT2D eigenvalue weighted by atomic mass is 35.5. The largest absolute Gasteiger partial charge is 0.456 e. The number of hydrogen-bond acceptors (Lipinski definition) is 7. The van der Waals surface area contributed by atoms with Crippen LogP contribution in [0.4, 0.5) is 15.8 Å². The Morgan fingerprint density at radius 2 is 1.88 bits per heavy atom. The minimum atomic E-state index is -1.02. The number of thiocarbonyl (C=S) groups is 1. The van der Waals surface area contributed by atoms with E-state index in [1.165, 1.54) is 24.3 Å². The number of amides is 2. The zero-order valence-electron chi connectivity index (χ0n) is 15.6. The molecule has 0 aliphatic carbocycles. The SMILES string of the molecule is O=C1NC(=S)N(c2ccc(Cl)cc2)C(=O)C1=Cc1coc2c([N+](=O)[O-])cc(F)cc2c1=O. The fourth-order valence-corrected chi connectivity index (χ4v) is 3.48. The van der Waals surface area contributed by atoms with Gasteiger partial charge in [-0.1, -0.05) is 11.6 Å². The molecule has 0 spiro atoms. The summed E-state index contributed by atoms with van der Waals surface area (Å²) >= 11 is 10.9. The van der Waals surface area contributed by atoms with Crippen LogP contribution in [0.15, 0.2) is 57.4 Å². The standard InChI is InChI=1S/C20H9ClFN3O6S/c21-10-1-3-12(4-2-10)24-19(28)14(18(27)23-20(24)32)5-9-8-31-17-13(16(9)26)6-11(22)7-15(17)25(29)30/h1-8H,(H,23,27,32). The number of carbonyl (C=O) groups excluding carboxylic acids is 2. The predicted octanol–water partition coefficient (Wildman–Crippen LogP) is 3.33.